The summed E-state index contributed by atoms with van der Waals surface area (Å²) in [5.74, 6) is 0.716. The van der Waals surface area contributed by atoms with Gasteiger partial charge >= 0.3 is 0 Å². The largest absolute Gasteiger partial charge is 0.309 e. The Labute approximate surface area is 299 Å². The molecular formula is C48H30N4. The SMILES string of the molecule is c1ccc(-c2nc(-c3ccc(-n4c5cc6c7ccccc7n(-c7ccccc7)c6cc5c5c6ccccc6ccc54)cc3)nc3ccccc23)cc1. The highest BCUT2D eigenvalue weighted by molar-refractivity contribution is 6.25. The maximum Gasteiger partial charge on any atom is 0.160 e. The molecule has 8 aromatic carbocycles. The van der Waals surface area contributed by atoms with Crippen molar-refractivity contribution in [3.63, 3.8) is 0 Å². The van der Waals surface area contributed by atoms with E-state index in [1.165, 1.54) is 54.4 Å². The zero-order valence-electron chi connectivity index (χ0n) is 28.1. The summed E-state index contributed by atoms with van der Waals surface area (Å²) in [5.41, 5.74) is 10.9. The van der Waals surface area contributed by atoms with Gasteiger partial charge in [0.2, 0.25) is 0 Å². The van der Waals surface area contributed by atoms with Crippen LogP contribution in [0.2, 0.25) is 0 Å². The Morgan fingerprint density at radius 1 is 0.346 bits per heavy atom. The van der Waals surface area contributed by atoms with Gasteiger partial charge in [0, 0.05) is 49.4 Å². The maximum atomic E-state index is 5.14. The highest BCUT2D eigenvalue weighted by Gasteiger charge is 2.20. The molecule has 11 aromatic rings. The van der Waals surface area contributed by atoms with E-state index in [4.69, 9.17) is 9.97 Å². The molecule has 11 rings (SSSR count). The van der Waals surface area contributed by atoms with Gasteiger partial charge in [-0.3, -0.25) is 0 Å². The fourth-order valence-corrected chi connectivity index (χ4v) is 8.16. The Bertz CT molecular complexity index is 3160. The standard InChI is InChI=1S/C48H30N4/c1-3-14-32(15-4-1)47-38-20-9-11-21-41(38)49-48(50-47)33-23-26-35(27-24-33)52-43-28-25-31-13-7-8-18-36(31)46(43)40-30-44-39(29-45(40)52)37-19-10-12-22-42(37)51(44)34-16-5-2-6-17-34/h1-30H. The summed E-state index contributed by atoms with van der Waals surface area (Å²) in [5, 5.41) is 8.49. The van der Waals surface area contributed by atoms with Crippen molar-refractivity contribution < 1.29 is 0 Å². The summed E-state index contributed by atoms with van der Waals surface area (Å²) < 4.78 is 4.83. The van der Waals surface area contributed by atoms with Gasteiger partial charge in [0.15, 0.2) is 5.82 Å². The molecule has 0 amide bonds. The lowest BCUT2D eigenvalue weighted by Gasteiger charge is -2.11. The summed E-state index contributed by atoms with van der Waals surface area (Å²) in [6, 6.07) is 64.9. The summed E-state index contributed by atoms with van der Waals surface area (Å²) in [6.07, 6.45) is 0. The zero-order chi connectivity index (χ0) is 34.2. The second-order valence-corrected chi connectivity index (χ2v) is 13.4. The van der Waals surface area contributed by atoms with Crippen LogP contribution in [0.15, 0.2) is 182 Å². The molecule has 0 spiro atoms. The molecule has 0 bridgehead atoms. The van der Waals surface area contributed by atoms with Gasteiger partial charge in [-0.15, -0.1) is 0 Å². The van der Waals surface area contributed by atoms with Crippen molar-refractivity contribution in [3.05, 3.63) is 182 Å². The van der Waals surface area contributed by atoms with E-state index < -0.39 is 0 Å². The fourth-order valence-electron chi connectivity index (χ4n) is 8.16. The van der Waals surface area contributed by atoms with E-state index >= 15 is 0 Å². The van der Waals surface area contributed by atoms with E-state index in [1.807, 2.05) is 12.1 Å². The molecular weight excluding hydrogens is 633 g/mol. The third-order valence-corrected chi connectivity index (χ3v) is 10.5. The van der Waals surface area contributed by atoms with Crippen LogP contribution < -0.4 is 0 Å². The summed E-state index contributed by atoms with van der Waals surface area (Å²) in [7, 11) is 0. The lowest BCUT2D eigenvalue weighted by molar-refractivity contribution is 1.17. The van der Waals surface area contributed by atoms with E-state index in [0.29, 0.717) is 5.82 Å². The van der Waals surface area contributed by atoms with Gasteiger partial charge in [0.1, 0.15) is 0 Å². The van der Waals surface area contributed by atoms with Crippen LogP contribution in [0.25, 0.3) is 99.3 Å². The van der Waals surface area contributed by atoms with Crippen molar-refractivity contribution in [1.29, 1.82) is 0 Å². The molecule has 0 N–H and O–H groups in total. The topological polar surface area (TPSA) is 35.6 Å². The van der Waals surface area contributed by atoms with Gasteiger partial charge in [-0.25, -0.2) is 9.97 Å². The van der Waals surface area contributed by atoms with Gasteiger partial charge in [-0.05, 0) is 77.5 Å². The van der Waals surface area contributed by atoms with Crippen molar-refractivity contribution >= 4 is 65.3 Å². The van der Waals surface area contributed by atoms with E-state index in [9.17, 15) is 0 Å². The van der Waals surface area contributed by atoms with Crippen LogP contribution in [0.5, 0.6) is 0 Å². The van der Waals surface area contributed by atoms with Crippen molar-refractivity contribution in [1.82, 2.24) is 19.1 Å². The van der Waals surface area contributed by atoms with Crippen molar-refractivity contribution in [2.75, 3.05) is 0 Å². The second-order valence-electron chi connectivity index (χ2n) is 13.4. The number of rotatable bonds is 4. The van der Waals surface area contributed by atoms with Gasteiger partial charge in [0.05, 0.1) is 33.3 Å². The molecule has 0 unspecified atom stereocenters. The van der Waals surface area contributed by atoms with Gasteiger partial charge in [-0.2, -0.15) is 0 Å². The molecule has 0 saturated carbocycles. The van der Waals surface area contributed by atoms with Gasteiger partial charge in [-0.1, -0.05) is 115 Å². The number of hydrogen-bond acceptors (Lipinski definition) is 2. The molecule has 3 aromatic heterocycles. The highest BCUT2D eigenvalue weighted by atomic mass is 15.0. The van der Waals surface area contributed by atoms with Crippen LogP contribution in [0, 0.1) is 0 Å². The summed E-state index contributed by atoms with van der Waals surface area (Å²) in [6.45, 7) is 0. The first-order chi connectivity index (χ1) is 25.8. The van der Waals surface area contributed by atoms with E-state index in [1.54, 1.807) is 0 Å². The van der Waals surface area contributed by atoms with Crippen LogP contribution in [-0.2, 0) is 0 Å². The molecule has 242 valence electrons. The zero-order valence-corrected chi connectivity index (χ0v) is 28.1. The van der Waals surface area contributed by atoms with Crippen LogP contribution in [0.4, 0.5) is 0 Å². The van der Waals surface area contributed by atoms with E-state index in [2.05, 4.69) is 179 Å². The molecule has 0 aliphatic heterocycles. The number of para-hydroxylation sites is 3. The third kappa shape index (κ3) is 4.28. The quantitative estimate of drug-likeness (QED) is 0.188. The first kappa shape index (κ1) is 28.8. The minimum atomic E-state index is 0.716. The smallest absolute Gasteiger partial charge is 0.160 e. The van der Waals surface area contributed by atoms with E-state index in [-0.39, 0.29) is 0 Å². The number of nitrogens with zero attached hydrogens (tertiary/aromatic N) is 4. The average molecular weight is 663 g/mol. The summed E-state index contributed by atoms with van der Waals surface area (Å²) >= 11 is 0. The molecule has 0 radical (unpaired) electrons. The fraction of sp³-hybridized carbons (Fsp3) is 0. The van der Waals surface area contributed by atoms with Gasteiger partial charge in [0.25, 0.3) is 0 Å². The molecule has 4 nitrogen and oxygen atoms in total. The Balaban J connectivity index is 1.16. The number of benzene rings is 8. The van der Waals surface area contributed by atoms with E-state index in [0.717, 1.165) is 39.1 Å². The Hall–Kier alpha value is -7.04. The number of aromatic nitrogens is 4. The molecule has 0 aliphatic carbocycles. The van der Waals surface area contributed by atoms with Crippen LogP contribution in [0.3, 0.4) is 0 Å². The Morgan fingerprint density at radius 3 is 1.79 bits per heavy atom. The molecule has 0 saturated heterocycles. The number of fused-ring (bicyclic) bond motifs is 9. The van der Waals surface area contributed by atoms with Gasteiger partial charge < -0.3 is 9.13 Å². The lowest BCUT2D eigenvalue weighted by atomic mass is 10.0. The second kappa shape index (κ2) is 11.2. The first-order valence-corrected chi connectivity index (χ1v) is 17.7. The van der Waals surface area contributed by atoms with Crippen molar-refractivity contribution in [2.24, 2.45) is 0 Å². The predicted octanol–water partition coefficient (Wildman–Crippen LogP) is 12.3. The normalized spacial score (nSPS) is 11.8. The highest BCUT2D eigenvalue weighted by Crippen LogP contribution is 2.42. The van der Waals surface area contributed by atoms with Crippen molar-refractivity contribution in [2.45, 2.75) is 0 Å². The molecule has 3 heterocycles. The average Bonchev–Trinajstić information content (AvgIpc) is 3.72. The molecule has 52 heavy (non-hydrogen) atoms. The minimum absolute atomic E-state index is 0.716. The maximum absolute atomic E-state index is 5.14. The first-order valence-electron chi connectivity index (χ1n) is 17.7. The predicted molar refractivity (Wildman–Crippen MR) is 217 cm³/mol. The molecule has 4 heteroatoms. The summed E-state index contributed by atoms with van der Waals surface area (Å²) in [4.78, 5) is 10.2. The monoisotopic (exact) mass is 662 g/mol. The van der Waals surface area contributed by atoms with Crippen LogP contribution >= 0.6 is 0 Å². The minimum Gasteiger partial charge on any atom is -0.309 e. The van der Waals surface area contributed by atoms with Crippen LogP contribution in [0.1, 0.15) is 0 Å². The third-order valence-electron chi connectivity index (χ3n) is 10.5. The van der Waals surface area contributed by atoms with Crippen LogP contribution in [-0.4, -0.2) is 19.1 Å². The van der Waals surface area contributed by atoms with Crippen molar-refractivity contribution in [3.8, 4) is 34.0 Å². The molecule has 0 atom stereocenters. The lowest BCUT2D eigenvalue weighted by Crippen LogP contribution is -1.97. The molecule has 0 aliphatic rings. The molecule has 0 fully saturated rings. The number of hydrogen-bond donors (Lipinski definition) is 0. The Morgan fingerprint density at radius 2 is 0.962 bits per heavy atom. The Kier molecular flexibility index (Phi) is 6.22.